The van der Waals surface area contributed by atoms with E-state index in [0.29, 0.717) is 11.1 Å². The fourth-order valence-corrected chi connectivity index (χ4v) is 3.71. The second-order valence-electron chi connectivity index (χ2n) is 7.22. The van der Waals surface area contributed by atoms with Crippen LogP contribution in [0.5, 0.6) is 5.75 Å². The summed E-state index contributed by atoms with van der Waals surface area (Å²) in [6.45, 7) is 0.371. The van der Waals surface area contributed by atoms with Crippen molar-refractivity contribution in [3.8, 4) is 5.75 Å². The van der Waals surface area contributed by atoms with E-state index < -0.39 is 5.97 Å². The average molecular weight is 408 g/mol. The number of carbonyl (C=O) groups is 1. The van der Waals surface area contributed by atoms with Gasteiger partial charge >= 0.3 is 5.97 Å². The zero-order valence-corrected chi connectivity index (χ0v) is 16.8. The standard InChI is InChI=1S/C27H20O4/c28-27(30-17-20-11-8-10-19-9-4-5-14-22(19)20)26-24(18-29-21-12-2-1-3-13-21)23-15-6-7-16-25(23)31-26/h1-16H,17-18H2. The van der Waals surface area contributed by atoms with Crippen LogP contribution in [0, 0.1) is 0 Å². The van der Waals surface area contributed by atoms with E-state index in [1.165, 1.54) is 0 Å². The minimum Gasteiger partial charge on any atom is -0.489 e. The second-order valence-corrected chi connectivity index (χ2v) is 7.22. The molecule has 0 radical (unpaired) electrons. The zero-order valence-electron chi connectivity index (χ0n) is 16.8. The average Bonchev–Trinajstić information content (AvgIpc) is 3.20. The topological polar surface area (TPSA) is 48.7 Å². The van der Waals surface area contributed by atoms with Crippen molar-refractivity contribution in [3.05, 3.63) is 114 Å². The van der Waals surface area contributed by atoms with E-state index >= 15 is 0 Å². The molecule has 0 aliphatic rings. The summed E-state index contributed by atoms with van der Waals surface area (Å²) in [6.07, 6.45) is 0. The third-order valence-corrected chi connectivity index (χ3v) is 5.25. The summed E-state index contributed by atoms with van der Waals surface area (Å²) in [5.74, 6) is 0.399. The maximum absolute atomic E-state index is 13.0. The van der Waals surface area contributed by atoms with Gasteiger partial charge in [-0.15, -0.1) is 0 Å². The second kappa shape index (κ2) is 8.36. The highest BCUT2D eigenvalue weighted by Crippen LogP contribution is 2.28. The number of benzene rings is 4. The number of para-hydroxylation sites is 2. The molecule has 1 aromatic heterocycles. The molecule has 1 heterocycles. The molecule has 0 unspecified atom stereocenters. The first kappa shape index (κ1) is 18.9. The van der Waals surface area contributed by atoms with E-state index in [4.69, 9.17) is 13.9 Å². The smallest absolute Gasteiger partial charge is 0.375 e. The van der Waals surface area contributed by atoms with E-state index in [-0.39, 0.29) is 19.0 Å². The summed E-state index contributed by atoms with van der Waals surface area (Å²) >= 11 is 0. The lowest BCUT2D eigenvalue weighted by Gasteiger charge is -2.09. The first-order chi connectivity index (χ1) is 15.3. The summed E-state index contributed by atoms with van der Waals surface area (Å²) in [5, 5.41) is 3.02. The van der Waals surface area contributed by atoms with E-state index in [1.807, 2.05) is 97.1 Å². The van der Waals surface area contributed by atoms with Gasteiger partial charge in [0, 0.05) is 5.39 Å². The molecular weight excluding hydrogens is 388 g/mol. The number of hydrogen-bond acceptors (Lipinski definition) is 4. The van der Waals surface area contributed by atoms with Gasteiger partial charge in [0.05, 0.1) is 5.56 Å². The lowest BCUT2D eigenvalue weighted by atomic mass is 10.1. The van der Waals surface area contributed by atoms with Crippen molar-refractivity contribution in [2.24, 2.45) is 0 Å². The highest BCUT2D eigenvalue weighted by molar-refractivity contribution is 5.96. The van der Waals surface area contributed by atoms with E-state index in [2.05, 4.69) is 0 Å². The van der Waals surface area contributed by atoms with Crippen LogP contribution >= 0.6 is 0 Å². The third kappa shape index (κ3) is 3.88. The molecule has 5 aromatic rings. The largest absolute Gasteiger partial charge is 0.489 e. The Bertz CT molecular complexity index is 1350. The predicted octanol–water partition coefficient (Wildman–Crippen LogP) is 6.52. The van der Waals surface area contributed by atoms with Crippen LogP contribution in [0.25, 0.3) is 21.7 Å². The van der Waals surface area contributed by atoms with Gasteiger partial charge in [-0.05, 0) is 34.5 Å². The van der Waals surface area contributed by atoms with Crippen molar-refractivity contribution >= 4 is 27.7 Å². The van der Waals surface area contributed by atoms with Crippen molar-refractivity contribution in [1.29, 1.82) is 0 Å². The molecular formula is C27H20O4. The number of hydrogen-bond donors (Lipinski definition) is 0. The monoisotopic (exact) mass is 408 g/mol. The van der Waals surface area contributed by atoms with Crippen LogP contribution in [-0.2, 0) is 18.0 Å². The predicted molar refractivity (Wildman–Crippen MR) is 120 cm³/mol. The van der Waals surface area contributed by atoms with Gasteiger partial charge in [-0.25, -0.2) is 4.79 Å². The van der Waals surface area contributed by atoms with E-state index in [1.54, 1.807) is 0 Å². The Labute approximate surface area is 179 Å². The number of fused-ring (bicyclic) bond motifs is 2. The maximum atomic E-state index is 13.0. The molecule has 4 heteroatoms. The van der Waals surface area contributed by atoms with Gasteiger partial charge in [-0.3, -0.25) is 0 Å². The van der Waals surface area contributed by atoms with Gasteiger partial charge in [-0.1, -0.05) is 78.9 Å². The fraction of sp³-hybridized carbons (Fsp3) is 0.0741. The van der Waals surface area contributed by atoms with Crippen LogP contribution in [0.15, 0.2) is 101 Å². The zero-order chi connectivity index (χ0) is 21.0. The summed E-state index contributed by atoms with van der Waals surface area (Å²) < 4.78 is 17.4. The molecule has 4 aromatic carbocycles. The molecule has 0 aliphatic carbocycles. The van der Waals surface area contributed by atoms with Gasteiger partial charge in [0.15, 0.2) is 0 Å². The first-order valence-corrected chi connectivity index (χ1v) is 10.1. The Balaban J connectivity index is 1.41. The SMILES string of the molecule is O=C(OCc1cccc2ccccc12)c1oc2ccccc2c1COc1ccccc1. The summed E-state index contributed by atoms with van der Waals surface area (Å²) in [7, 11) is 0. The molecule has 0 fully saturated rings. The summed E-state index contributed by atoms with van der Waals surface area (Å²) in [4.78, 5) is 13.0. The minimum absolute atomic E-state index is 0.163. The van der Waals surface area contributed by atoms with Gasteiger partial charge in [0.2, 0.25) is 5.76 Å². The molecule has 0 spiro atoms. The molecule has 4 nitrogen and oxygen atoms in total. The molecule has 0 saturated heterocycles. The lowest BCUT2D eigenvalue weighted by Crippen LogP contribution is -2.08. The fourth-order valence-electron chi connectivity index (χ4n) is 3.71. The van der Waals surface area contributed by atoms with Crippen molar-refractivity contribution in [2.45, 2.75) is 13.2 Å². The Hall–Kier alpha value is -4.05. The van der Waals surface area contributed by atoms with Crippen molar-refractivity contribution in [1.82, 2.24) is 0 Å². The molecule has 5 rings (SSSR count). The number of furan rings is 1. The van der Waals surface area contributed by atoms with Gasteiger partial charge in [0.25, 0.3) is 0 Å². The van der Waals surface area contributed by atoms with E-state index in [0.717, 1.165) is 27.5 Å². The quantitative estimate of drug-likeness (QED) is 0.300. The molecule has 0 aliphatic heterocycles. The normalized spacial score (nSPS) is 11.0. The lowest BCUT2D eigenvalue weighted by molar-refractivity contribution is 0.0436. The molecule has 0 N–H and O–H groups in total. The summed E-state index contributed by atoms with van der Waals surface area (Å²) in [6, 6.07) is 31.0. The van der Waals surface area contributed by atoms with Crippen molar-refractivity contribution in [2.75, 3.05) is 0 Å². The van der Waals surface area contributed by atoms with Gasteiger partial charge in [-0.2, -0.15) is 0 Å². The van der Waals surface area contributed by atoms with Crippen LogP contribution in [0.1, 0.15) is 21.7 Å². The molecule has 0 bridgehead atoms. The van der Waals surface area contributed by atoms with Crippen LogP contribution in [0.3, 0.4) is 0 Å². The molecule has 152 valence electrons. The van der Waals surface area contributed by atoms with E-state index in [9.17, 15) is 4.79 Å². The minimum atomic E-state index is -0.504. The number of carbonyl (C=O) groups excluding carboxylic acids is 1. The van der Waals surface area contributed by atoms with Crippen molar-refractivity contribution < 1.29 is 18.7 Å². The molecule has 31 heavy (non-hydrogen) atoms. The number of esters is 1. The van der Waals surface area contributed by atoms with Crippen molar-refractivity contribution in [3.63, 3.8) is 0 Å². The van der Waals surface area contributed by atoms with Gasteiger partial charge in [0.1, 0.15) is 24.5 Å². The molecule has 0 saturated carbocycles. The first-order valence-electron chi connectivity index (χ1n) is 10.1. The van der Waals surface area contributed by atoms with Gasteiger partial charge < -0.3 is 13.9 Å². The number of ether oxygens (including phenoxy) is 2. The Morgan fingerprint density at radius 1 is 0.710 bits per heavy atom. The Morgan fingerprint density at radius 2 is 1.42 bits per heavy atom. The Kier molecular flexibility index (Phi) is 5.11. The van der Waals surface area contributed by atoms with Crippen LogP contribution < -0.4 is 4.74 Å². The Morgan fingerprint density at radius 3 is 2.29 bits per heavy atom. The van der Waals surface area contributed by atoms with Crippen LogP contribution in [0.2, 0.25) is 0 Å². The van der Waals surface area contributed by atoms with Crippen LogP contribution in [-0.4, -0.2) is 5.97 Å². The molecule has 0 atom stereocenters. The highest BCUT2D eigenvalue weighted by atomic mass is 16.5. The highest BCUT2D eigenvalue weighted by Gasteiger charge is 2.22. The number of rotatable bonds is 6. The molecule has 0 amide bonds. The third-order valence-electron chi connectivity index (χ3n) is 5.25. The van der Waals surface area contributed by atoms with Crippen LogP contribution in [0.4, 0.5) is 0 Å². The summed E-state index contributed by atoms with van der Waals surface area (Å²) in [5.41, 5.74) is 2.26. The maximum Gasteiger partial charge on any atom is 0.375 e.